The minimum absolute atomic E-state index is 0.0271. The predicted molar refractivity (Wildman–Crippen MR) is 109 cm³/mol. The van der Waals surface area contributed by atoms with Crippen LogP contribution >= 0.6 is 0 Å². The fraction of sp³-hybridized carbons (Fsp3) is 0.696. The maximum Gasteiger partial charge on any atom is 0.258 e. The Bertz CT molecular complexity index is 708. The Morgan fingerprint density at radius 2 is 1.79 bits per heavy atom. The van der Waals surface area contributed by atoms with Crippen molar-refractivity contribution in [3.05, 3.63) is 29.8 Å². The van der Waals surface area contributed by atoms with E-state index < -0.39 is 5.60 Å². The van der Waals surface area contributed by atoms with Crippen molar-refractivity contribution < 1.29 is 14.6 Å². The Hall–Kier alpha value is -1.59. The van der Waals surface area contributed by atoms with Gasteiger partial charge in [0.05, 0.1) is 5.60 Å². The fourth-order valence-corrected chi connectivity index (χ4v) is 6.02. The summed E-state index contributed by atoms with van der Waals surface area (Å²) in [5.41, 5.74) is 0.635. The largest absolute Gasteiger partial charge is 0.484 e. The van der Waals surface area contributed by atoms with Crippen LogP contribution in [0.3, 0.4) is 0 Å². The number of aliphatic hydroxyl groups is 1. The Morgan fingerprint density at radius 3 is 2.36 bits per heavy atom. The summed E-state index contributed by atoms with van der Waals surface area (Å²) in [5.74, 6) is 1.97. The normalized spacial score (nSPS) is 33.7. The molecule has 1 aromatic rings. The van der Waals surface area contributed by atoms with Gasteiger partial charge in [0.2, 0.25) is 0 Å². The van der Waals surface area contributed by atoms with Crippen LogP contribution < -0.4 is 15.4 Å². The van der Waals surface area contributed by atoms with Gasteiger partial charge in [-0.1, -0.05) is 12.1 Å². The first-order valence-corrected chi connectivity index (χ1v) is 10.6. The Balaban J connectivity index is 1.29. The second-order valence-corrected chi connectivity index (χ2v) is 10.6. The molecule has 2 unspecified atom stereocenters. The van der Waals surface area contributed by atoms with E-state index in [1.807, 2.05) is 32.9 Å². The summed E-state index contributed by atoms with van der Waals surface area (Å²) in [5, 5.41) is 17.6. The van der Waals surface area contributed by atoms with Crippen molar-refractivity contribution >= 4 is 5.91 Å². The van der Waals surface area contributed by atoms with Crippen LogP contribution in [0.1, 0.15) is 64.9 Å². The van der Waals surface area contributed by atoms with E-state index in [2.05, 4.69) is 22.8 Å². The van der Waals surface area contributed by atoms with Crippen molar-refractivity contribution in [1.29, 1.82) is 0 Å². The van der Waals surface area contributed by atoms with Gasteiger partial charge in [-0.2, -0.15) is 0 Å². The fourth-order valence-electron chi connectivity index (χ4n) is 6.02. The number of amides is 1. The summed E-state index contributed by atoms with van der Waals surface area (Å²) in [6.07, 6.45) is 6.62. The standard InChI is InChI=1S/C23H34N2O3/c1-21(2,3)25-20(26)14-28-19-6-4-16(5-7-19)13-24-22-9-17-8-18(10-22)12-23(27,11-17)15-22/h4-7,17-18,24,27H,8-15H2,1-3H3,(H,25,26). The minimum Gasteiger partial charge on any atom is -0.484 e. The molecule has 28 heavy (non-hydrogen) atoms. The molecule has 0 aromatic heterocycles. The number of carbonyl (C=O) groups excluding carboxylic acids is 1. The van der Waals surface area contributed by atoms with Crippen molar-refractivity contribution in [1.82, 2.24) is 10.6 Å². The summed E-state index contributed by atoms with van der Waals surface area (Å²) in [4.78, 5) is 11.9. The van der Waals surface area contributed by atoms with Crippen molar-refractivity contribution in [2.45, 2.75) is 82.5 Å². The first-order chi connectivity index (χ1) is 13.1. The molecule has 4 fully saturated rings. The minimum atomic E-state index is -0.428. The van der Waals surface area contributed by atoms with Crippen LogP contribution in [-0.4, -0.2) is 34.3 Å². The lowest BCUT2D eigenvalue weighted by Crippen LogP contribution is -2.64. The van der Waals surface area contributed by atoms with Crippen LogP contribution in [0.2, 0.25) is 0 Å². The van der Waals surface area contributed by atoms with E-state index in [1.54, 1.807) is 0 Å². The molecular formula is C23H34N2O3. The van der Waals surface area contributed by atoms with Gasteiger partial charge in [-0.3, -0.25) is 4.79 Å². The van der Waals surface area contributed by atoms with Crippen LogP contribution in [0.15, 0.2) is 24.3 Å². The third kappa shape index (κ3) is 4.52. The predicted octanol–water partition coefficient (Wildman–Crippen LogP) is 3.15. The lowest BCUT2D eigenvalue weighted by atomic mass is 9.51. The van der Waals surface area contributed by atoms with Crippen LogP contribution in [-0.2, 0) is 11.3 Å². The maximum atomic E-state index is 11.9. The number of nitrogens with one attached hydrogen (secondary N) is 2. The Kier molecular flexibility index (Phi) is 4.95. The number of hydrogen-bond acceptors (Lipinski definition) is 4. The van der Waals surface area contributed by atoms with E-state index in [4.69, 9.17) is 4.74 Å². The average Bonchev–Trinajstić information content (AvgIpc) is 2.55. The molecule has 5 nitrogen and oxygen atoms in total. The molecule has 4 aliphatic rings. The highest BCUT2D eigenvalue weighted by Gasteiger charge is 2.56. The second-order valence-electron chi connectivity index (χ2n) is 10.6. The molecule has 1 amide bonds. The highest BCUT2D eigenvalue weighted by atomic mass is 16.5. The SMILES string of the molecule is CC(C)(C)NC(=O)COc1ccc(CNC23CC4CC(CC(O)(C4)C2)C3)cc1. The number of benzene rings is 1. The van der Waals surface area contributed by atoms with E-state index in [9.17, 15) is 9.90 Å². The molecule has 0 spiro atoms. The first-order valence-electron chi connectivity index (χ1n) is 10.6. The van der Waals surface area contributed by atoms with E-state index in [1.165, 1.54) is 24.8 Å². The highest BCUT2D eigenvalue weighted by molar-refractivity contribution is 5.78. The molecule has 5 rings (SSSR count). The van der Waals surface area contributed by atoms with Gasteiger partial charge in [0.1, 0.15) is 5.75 Å². The molecule has 1 aromatic carbocycles. The van der Waals surface area contributed by atoms with E-state index in [-0.39, 0.29) is 23.6 Å². The molecule has 4 saturated carbocycles. The third-order valence-electron chi connectivity index (χ3n) is 6.51. The molecule has 2 atom stereocenters. The zero-order valence-electron chi connectivity index (χ0n) is 17.4. The van der Waals surface area contributed by atoms with Crippen molar-refractivity contribution in [3.8, 4) is 5.75 Å². The molecule has 0 heterocycles. The molecule has 4 bridgehead atoms. The Labute approximate surface area is 168 Å². The van der Waals surface area contributed by atoms with Gasteiger partial charge in [0.25, 0.3) is 5.91 Å². The van der Waals surface area contributed by atoms with Crippen LogP contribution in [0.5, 0.6) is 5.75 Å². The van der Waals surface area contributed by atoms with E-state index in [0.717, 1.165) is 25.8 Å². The molecule has 3 N–H and O–H groups in total. The molecule has 4 aliphatic carbocycles. The van der Waals surface area contributed by atoms with Crippen LogP contribution in [0, 0.1) is 11.8 Å². The molecule has 0 radical (unpaired) electrons. The van der Waals surface area contributed by atoms with Gasteiger partial charge >= 0.3 is 0 Å². The zero-order chi connectivity index (χ0) is 20.0. The summed E-state index contributed by atoms with van der Waals surface area (Å²) in [6.45, 7) is 6.69. The van der Waals surface area contributed by atoms with Gasteiger partial charge in [-0.25, -0.2) is 0 Å². The maximum absolute atomic E-state index is 11.9. The first kappa shape index (κ1) is 19.7. The van der Waals surface area contributed by atoms with E-state index in [0.29, 0.717) is 17.6 Å². The summed E-state index contributed by atoms with van der Waals surface area (Å²) < 4.78 is 5.59. The van der Waals surface area contributed by atoms with Gasteiger partial charge in [0.15, 0.2) is 6.61 Å². The quantitative estimate of drug-likeness (QED) is 0.702. The van der Waals surface area contributed by atoms with Crippen LogP contribution in [0.4, 0.5) is 0 Å². The van der Waals surface area contributed by atoms with Gasteiger partial charge in [0, 0.05) is 17.6 Å². The molecule has 154 valence electrons. The van der Waals surface area contributed by atoms with E-state index >= 15 is 0 Å². The molecular weight excluding hydrogens is 352 g/mol. The van der Waals surface area contributed by atoms with Gasteiger partial charge in [-0.15, -0.1) is 0 Å². The lowest BCUT2D eigenvalue weighted by molar-refractivity contribution is -0.142. The number of carbonyl (C=O) groups is 1. The van der Waals surface area contributed by atoms with Crippen molar-refractivity contribution in [2.24, 2.45) is 11.8 Å². The molecule has 0 saturated heterocycles. The molecule has 5 heteroatoms. The monoisotopic (exact) mass is 386 g/mol. The summed E-state index contributed by atoms with van der Waals surface area (Å²) >= 11 is 0. The van der Waals surface area contributed by atoms with Gasteiger partial charge < -0.3 is 20.5 Å². The number of ether oxygens (including phenoxy) is 1. The topological polar surface area (TPSA) is 70.6 Å². The second kappa shape index (κ2) is 7.03. The summed E-state index contributed by atoms with van der Waals surface area (Å²) in [6, 6.07) is 7.96. The van der Waals surface area contributed by atoms with Crippen molar-refractivity contribution in [2.75, 3.05) is 6.61 Å². The average molecular weight is 387 g/mol. The molecule has 0 aliphatic heterocycles. The Morgan fingerprint density at radius 1 is 1.14 bits per heavy atom. The van der Waals surface area contributed by atoms with Gasteiger partial charge in [-0.05, 0) is 88.8 Å². The lowest BCUT2D eigenvalue weighted by Gasteiger charge is -2.60. The van der Waals surface area contributed by atoms with Crippen LogP contribution in [0.25, 0.3) is 0 Å². The number of rotatable bonds is 6. The number of hydrogen-bond donors (Lipinski definition) is 3. The zero-order valence-corrected chi connectivity index (χ0v) is 17.4. The third-order valence-corrected chi connectivity index (χ3v) is 6.51. The highest BCUT2D eigenvalue weighted by Crippen LogP contribution is 2.57. The smallest absolute Gasteiger partial charge is 0.258 e. The summed E-state index contributed by atoms with van der Waals surface area (Å²) in [7, 11) is 0. The van der Waals surface area contributed by atoms with Crippen molar-refractivity contribution in [3.63, 3.8) is 0 Å².